The van der Waals surface area contributed by atoms with E-state index in [9.17, 15) is 0 Å². The fraction of sp³-hybridized carbons (Fsp3) is 0.286. The third kappa shape index (κ3) is 2.44. The second-order valence-electron chi connectivity index (χ2n) is 9.09. The van der Waals surface area contributed by atoms with E-state index < -0.39 is 0 Å². The van der Waals surface area contributed by atoms with E-state index in [2.05, 4.69) is 82.5 Å². The summed E-state index contributed by atoms with van der Waals surface area (Å²) in [5, 5.41) is 7.00. The molecule has 0 amide bonds. The first kappa shape index (κ1) is 17.5. The van der Waals surface area contributed by atoms with Crippen molar-refractivity contribution < 1.29 is 0 Å². The van der Waals surface area contributed by atoms with Crippen LogP contribution >= 0.6 is 0 Å². The van der Waals surface area contributed by atoms with Crippen LogP contribution < -0.4 is 5.22 Å². The molecule has 0 saturated heterocycles. The maximum Gasteiger partial charge on any atom is 0.00347 e. The SMILES string of the molecule is C=CC(C)(C)/C(=C/C(=C)c1ccc2ccc3c4c(ccc1c24)=CC1CC31)CC. The molecule has 28 heavy (non-hydrogen) atoms. The van der Waals surface area contributed by atoms with Gasteiger partial charge in [0.25, 0.3) is 0 Å². The molecule has 2 unspecified atom stereocenters. The van der Waals surface area contributed by atoms with Crippen molar-refractivity contribution in [2.75, 3.05) is 0 Å². The lowest BCUT2D eigenvalue weighted by molar-refractivity contribution is 0.561. The largest absolute Gasteiger partial charge is 0.102 e. The molecular formula is C28H28. The topological polar surface area (TPSA) is 0 Å². The summed E-state index contributed by atoms with van der Waals surface area (Å²) in [6.45, 7) is 15.2. The Hall–Kier alpha value is -2.60. The molecule has 2 atom stereocenters. The van der Waals surface area contributed by atoms with Gasteiger partial charge in [0.15, 0.2) is 0 Å². The minimum Gasteiger partial charge on any atom is -0.102 e. The summed E-state index contributed by atoms with van der Waals surface area (Å²) in [5.74, 6) is 1.51. The average Bonchev–Trinajstić information content (AvgIpc) is 3.48. The first-order chi connectivity index (χ1) is 13.4. The minimum absolute atomic E-state index is 0.0162. The highest BCUT2D eigenvalue weighted by Crippen LogP contribution is 2.53. The van der Waals surface area contributed by atoms with Crippen LogP contribution in [0.5, 0.6) is 0 Å². The van der Waals surface area contributed by atoms with Crippen LogP contribution in [0.2, 0.25) is 0 Å². The van der Waals surface area contributed by atoms with E-state index in [1.807, 2.05) is 6.08 Å². The fourth-order valence-corrected chi connectivity index (χ4v) is 5.08. The number of rotatable bonds is 5. The van der Waals surface area contributed by atoms with Crippen molar-refractivity contribution >= 4 is 33.2 Å². The van der Waals surface area contributed by atoms with E-state index in [0.29, 0.717) is 0 Å². The van der Waals surface area contributed by atoms with E-state index in [1.165, 1.54) is 44.3 Å². The summed E-state index contributed by atoms with van der Waals surface area (Å²) in [7, 11) is 0. The molecule has 0 radical (unpaired) electrons. The van der Waals surface area contributed by atoms with Gasteiger partial charge < -0.3 is 0 Å². The molecule has 1 saturated carbocycles. The normalized spacial score (nSPS) is 20.8. The van der Waals surface area contributed by atoms with Crippen molar-refractivity contribution in [3.05, 3.63) is 83.6 Å². The molecular weight excluding hydrogens is 336 g/mol. The van der Waals surface area contributed by atoms with Gasteiger partial charge in [-0.2, -0.15) is 0 Å². The van der Waals surface area contributed by atoms with Gasteiger partial charge in [-0.05, 0) is 68.1 Å². The van der Waals surface area contributed by atoms with Crippen molar-refractivity contribution in [1.82, 2.24) is 0 Å². The van der Waals surface area contributed by atoms with E-state index in [0.717, 1.165) is 23.8 Å². The van der Waals surface area contributed by atoms with Gasteiger partial charge in [-0.3, -0.25) is 0 Å². The molecule has 0 aromatic heterocycles. The Morgan fingerprint density at radius 1 is 1.11 bits per heavy atom. The van der Waals surface area contributed by atoms with Crippen molar-refractivity contribution in [2.45, 2.75) is 39.5 Å². The lowest BCUT2D eigenvalue weighted by Crippen LogP contribution is -2.11. The molecule has 0 spiro atoms. The number of hydrogen-bond donors (Lipinski definition) is 0. The van der Waals surface area contributed by atoms with Gasteiger partial charge in [-0.15, -0.1) is 6.58 Å². The van der Waals surface area contributed by atoms with Gasteiger partial charge in [0, 0.05) is 5.41 Å². The highest BCUT2D eigenvalue weighted by molar-refractivity contribution is 6.15. The monoisotopic (exact) mass is 364 g/mol. The van der Waals surface area contributed by atoms with E-state index >= 15 is 0 Å². The standard InChI is InChI=1S/C28H28/c1-6-21(28(4,5)7-2)14-17(3)22-11-8-18-9-12-24-25-16-20(25)15-19-10-13-23(22)26(18)27(19)24/h7-15,20,25H,2-3,6,16H2,1,4-5H3/b21-14+. The van der Waals surface area contributed by atoms with Crippen LogP contribution in [-0.2, 0) is 0 Å². The Morgan fingerprint density at radius 2 is 1.89 bits per heavy atom. The third-order valence-corrected chi connectivity index (χ3v) is 7.02. The lowest BCUT2D eigenvalue weighted by atomic mass is 9.81. The summed E-state index contributed by atoms with van der Waals surface area (Å²) in [5.41, 5.74) is 5.26. The van der Waals surface area contributed by atoms with Crippen molar-refractivity contribution in [2.24, 2.45) is 11.3 Å². The maximum absolute atomic E-state index is 4.47. The zero-order valence-electron chi connectivity index (χ0n) is 17.2. The number of fused-ring (bicyclic) bond motifs is 2. The molecule has 1 fully saturated rings. The lowest BCUT2D eigenvalue weighted by Gasteiger charge is -2.24. The Bertz CT molecular complexity index is 1230. The molecule has 0 nitrogen and oxygen atoms in total. The molecule has 2 aliphatic carbocycles. The molecule has 0 heteroatoms. The molecule has 3 aromatic carbocycles. The number of benzene rings is 3. The summed E-state index contributed by atoms with van der Waals surface area (Å²) in [4.78, 5) is 0. The van der Waals surface area contributed by atoms with Gasteiger partial charge in [-0.25, -0.2) is 0 Å². The van der Waals surface area contributed by atoms with E-state index in [-0.39, 0.29) is 5.41 Å². The second kappa shape index (κ2) is 5.95. The highest BCUT2D eigenvalue weighted by Gasteiger charge is 2.39. The van der Waals surface area contributed by atoms with Gasteiger partial charge in [-0.1, -0.05) is 87.5 Å². The predicted molar refractivity (Wildman–Crippen MR) is 123 cm³/mol. The predicted octanol–water partition coefficient (Wildman–Crippen LogP) is 7.17. The van der Waals surface area contributed by atoms with Crippen molar-refractivity contribution in [3.8, 4) is 0 Å². The minimum atomic E-state index is -0.0162. The van der Waals surface area contributed by atoms with E-state index in [1.54, 1.807) is 5.56 Å². The Labute approximate surface area is 167 Å². The van der Waals surface area contributed by atoms with Crippen LogP contribution in [0.25, 0.3) is 33.2 Å². The Morgan fingerprint density at radius 3 is 2.64 bits per heavy atom. The number of hydrogen-bond acceptors (Lipinski definition) is 0. The zero-order chi connectivity index (χ0) is 19.6. The highest BCUT2D eigenvalue weighted by atomic mass is 14.4. The van der Waals surface area contributed by atoms with Gasteiger partial charge >= 0.3 is 0 Å². The molecule has 0 N–H and O–H groups in total. The molecule has 3 aromatic rings. The number of allylic oxidation sites excluding steroid dienone is 4. The summed E-state index contributed by atoms with van der Waals surface area (Å²) < 4.78 is 0. The molecule has 0 heterocycles. The van der Waals surface area contributed by atoms with Crippen LogP contribution in [0, 0.1) is 11.3 Å². The van der Waals surface area contributed by atoms with Crippen LogP contribution in [0.1, 0.15) is 50.7 Å². The van der Waals surface area contributed by atoms with Crippen molar-refractivity contribution in [1.29, 1.82) is 0 Å². The summed E-state index contributed by atoms with van der Waals surface area (Å²) in [6, 6.07) is 13.8. The van der Waals surface area contributed by atoms with Crippen LogP contribution in [0.15, 0.2) is 67.3 Å². The maximum atomic E-state index is 4.47. The van der Waals surface area contributed by atoms with E-state index in [4.69, 9.17) is 0 Å². The average molecular weight is 365 g/mol. The van der Waals surface area contributed by atoms with Crippen LogP contribution in [0.4, 0.5) is 0 Å². The Kier molecular flexibility index (Phi) is 3.72. The smallest absolute Gasteiger partial charge is 0.00347 e. The molecule has 2 aliphatic rings. The molecule has 140 valence electrons. The van der Waals surface area contributed by atoms with Gasteiger partial charge in [0.2, 0.25) is 0 Å². The summed E-state index contributed by atoms with van der Waals surface area (Å²) in [6.07, 6.45) is 9.14. The van der Waals surface area contributed by atoms with Crippen LogP contribution in [-0.4, -0.2) is 0 Å². The quantitative estimate of drug-likeness (QED) is 0.332. The first-order valence-corrected chi connectivity index (χ1v) is 10.5. The van der Waals surface area contributed by atoms with Gasteiger partial charge in [0.05, 0.1) is 0 Å². The molecule has 0 bridgehead atoms. The fourth-order valence-electron chi connectivity index (χ4n) is 5.08. The molecule has 0 aliphatic heterocycles. The second-order valence-corrected chi connectivity index (χ2v) is 9.09. The summed E-state index contributed by atoms with van der Waals surface area (Å²) >= 11 is 0. The Balaban J connectivity index is 1.74. The van der Waals surface area contributed by atoms with Crippen molar-refractivity contribution in [3.63, 3.8) is 0 Å². The molecule has 5 rings (SSSR count). The first-order valence-electron chi connectivity index (χ1n) is 10.5. The van der Waals surface area contributed by atoms with Crippen LogP contribution in [0.3, 0.4) is 0 Å². The zero-order valence-corrected chi connectivity index (χ0v) is 17.2. The third-order valence-electron chi connectivity index (χ3n) is 7.02. The van der Waals surface area contributed by atoms with Gasteiger partial charge in [0.1, 0.15) is 0 Å².